The molecular formula is C15H18N4O2. The summed E-state index contributed by atoms with van der Waals surface area (Å²) < 4.78 is 0. The Balaban J connectivity index is 1.80. The van der Waals surface area contributed by atoms with Crippen molar-refractivity contribution in [1.29, 1.82) is 0 Å². The van der Waals surface area contributed by atoms with Gasteiger partial charge in [0.1, 0.15) is 5.69 Å². The molecule has 0 unspecified atom stereocenters. The van der Waals surface area contributed by atoms with Gasteiger partial charge in [0.05, 0.1) is 0 Å². The number of urea groups is 1. The molecule has 0 atom stereocenters. The molecule has 2 aromatic rings. The molecule has 2 heterocycles. The Hall–Kier alpha value is -2.34. The van der Waals surface area contributed by atoms with Crippen LogP contribution in [0.25, 0.3) is 10.9 Å². The van der Waals surface area contributed by atoms with E-state index in [9.17, 15) is 9.59 Å². The van der Waals surface area contributed by atoms with Gasteiger partial charge in [-0.3, -0.25) is 4.79 Å². The average Bonchev–Trinajstić information content (AvgIpc) is 2.51. The Morgan fingerprint density at radius 1 is 1.19 bits per heavy atom. The smallest absolute Gasteiger partial charge is 0.322 e. The average molecular weight is 286 g/mol. The van der Waals surface area contributed by atoms with Crippen molar-refractivity contribution < 1.29 is 4.79 Å². The normalized spacial score (nSPS) is 16.1. The topological polar surface area (TPSA) is 68.4 Å². The monoisotopic (exact) mass is 286 g/mol. The van der Waals surface area contributed by atoms with Crippen LogP contribution in [0.15, 0.2) is 35.3 Å². The number of amides is 2. The molecule has 0 bridgehead atoms. The highest BCUT2D eigenvalue weighted by atomic mass is 16.2. The van der Waals surface area contributed by atoms with Crippen molar-refractivity contribution in [2.75, 3.05) is 38.5 Å². The van der Waals surface area contributed by atoms with E-state index in [0.29, 0.717) is 18.5 Å². The van der Waals surface area contributed by atoms with Crippen LogP contribution in [0, 0.1) is 0 Å². The zero-order chi connectivity index (χ0) is 14.8. The van der Waals surface area contributed by atoms with Gasteiger partial charge in [0, 0.05) is 43.3 Å². The van der Waals surface area contributed by atoms with Crippen molar-refractivity contribution in [3.63, 3.8) is 0 Å². The number of pyridine rings is 1. The fraction of sp³-hybridized carbons (Fsp3) is 0.333. The minimum absolute atomic E-state index is 0.160. The number of rotatable bonds is 1. The highest BCUT2D eigenvalue weighted by molar-refractivity contribution is 5.92. The maximum Gasteiger partial charge on any atom is 0.322 e. The highest BCUT2D eigenvalue weighted by Crippen LogP contribution is 2.10. The van der Waals surface area contributed by atoms with E-state index < -0.39 is 0 Å². The van der Waals surface area contributed by atoms with E-state index in [1.807, 2.05) is 25.2 Å². The summed E-state index contributed by atoms with van der Waals surface area (Å²) in [6.07, 6.45) is 1.55. The second kappa shape index (κ2) is 5.57. The molecule has 3 rings (SSSR count). The van der Waals surface area contributed by atoms with Gasteiger partial charge in [-0.2, -0.15) is 0 Å². The third-order valence-electron chi connectivity index (χ3n) is 3.82. The lowest BCUT2D eigenvalue weighted by Crippen LogP contribution is -2.48. The fourth-order valence-electron chi connectivity index (χ4n) is 2.46. The molecule has 0 saturated carbocycles. The summed E-state index contributed by atoms with van der Waals surface area (Å²) in [5.41, 5.74) is 0.893. The standard InChI is InChI=1S/C15H18N4O2/c1-18-6-8-19(9-7-18)15(21)17-13-10-16-12-5-3-2-4-11(12)14(13)20/h2-5,10H,6-9H2,1H3,(H,16,20)(H,17,21). The molecule has 2 amide bonds. The lowest BCUT2D eigenvalue weighted by molar-refractivity contribution is 0.164. The predicted octanol–water partition coefficient (Wildman–Crippen LogP) is 1.31. The Labute approximate surface area is 122 Å². The van der Waals surface area contributed by atoms with E-state index in [-0.39, 0.29) is 17.1 Å². The maximum absolute atomic E-state index is 12.3. The van der Waals surface area contributed by atoms with Gasteiger partial charge in [0.25, 0.3) is 0 Å². The van der Waals surface area contributed by atoms with Crippen molar-refractivity contribution >= 4 is 22.6 Å². The number of aromatic nitrogens is 1. The number of aromatic amines is 1. The molecule has 1 aromatic carbocycles. The lowest BCUT2D eigenvalue weighted by atomic mass is 10.2. The van der Waals surface area contributed by atoms with E-state index in [0.717, 1.165) is 18.6 Å². The second-order valence-corrected chi connectivity index (χ2v) is 5.30. The highest BCUT2D eigenvalue weighted by Gasteiger charge is 2.19. The third-order valence-corrected chi connectivity index (χ3v) is 3.82. The van der Waals surface area contributed by atoms with Gasteiger partial charge < -0.3 is 20.1 Å². The number of para-hydroxylation sites is 1. The molecule has 1 aromatic heterocycles. The minimum Gasteiger partial charge on any atom is -0.359 e. The van der Waals surface area contributed by atoms with Gasteiger partial charge in [0.2, 0.25) is 5.43 Å². The molecule has 1 fully saturated rings. The van der Waals surface area contributed by atoms with Gasteiger partial charge >= 0.3 is 6.03 Å². The van der Waals surface area contributed by atoms with Crippen LogP contribution in [0.4, 0.5) is 10.5 Å². The fourth-order valence-corrected chi connectivity index (χ4v) is 2.46. The number of nitrogens with one attached hydrogen (secondary N) is 2. The van der Waals surface area contributed by atoms with Gasteiger partial charge in [0.15, 0.2) is 0 Å². The summed E-state index contributed by atoms with van der Waals surface area (Å²) >= 11 is 0. The molecule has 1 saturated heterocycles. The summed E-state index contributed by atoms with van der Waals surface area (Å²) in [5.74, 6) is 0. The van der Waals surface area contributed by atoms with Crippen LogP contribution in [-0.4, -0.2) is 54.0 Å². The molecule has 1 aliphatic rings. The van der Waals surface area contributed by atoms with Crippen molar-refractivity contribution in [2.45, 2.75) is 0 Å². The first kappa shape index (κ1) is 13.6. The van der Waals surface area contributed by atoms with Crippen molar-refractivity contribution in [2.24, 2.45) is 0 Å². The zero-order valence-corrected chi connectivity index (χ0v) is 11.9. The second-order valence-electron chi connectivity index (χ2n) is 5.30. The molecule has 21 heavy (non-hydrogen) atoms. The Morgan fingerprint density at radius 2 is 1.90 bits per heavy atom. The van der Waals surface area contributed by atoms with Crippen molar-refractivity contribution in [1.82, 2.24) is 14.8 Å². The number of fused-ring (bicyclic) bond motifs is 1. The SMILES string of the molecule is CN1CCN(C(=O)Nc2c[nH]c3ccccc3c2=O)CC1. The van der Waals surface area contributed by atoms with Crippen LogP contribution < -0.4 is 10.7 Å². The molecule has 110 valence electrons. The molecule has 0 spiro atoms. The molecule has 6 nitrogen and oxygen atoms in total. The van der Waals surface area contributed by atoms with E-state index in [4.69, 9.17) is 0 Å². The summed E-state index contributed by atoms with van der Waals surface area (Å²) in [4.78, 5) is 31.5. The Morgan fingerprint density at radius 3 is 2.67 bits per heavy atom. The van der Waals surface area contributed by atoms with E-state index in [1.165, 1.54) is 0 Å². The number of carbonyl (C=O) groups excluding carboxylic acids is 1. The number of hydrogen-bond acceptors (Lipinski definition) is 3. The van der Waals surface area contributed by atoms with Crippen molar-refractivity contribution in [3.8, 4) is 0 Å². The third kappa shape index (κ3) is 2.75. The number of H-pyrrole nitrogens is 1. The number of piperazine rings is 1. The summed E-state index contributed by atoms with van der Waals surface area (Å²) in [7, 11) is 2.03. The Kier molecular flexibility index (Phi) is 3.62. The maximum atomic E-state index is 12.3. The minimum atomic E-state index is -0.219. The van der Waals surface area contributed by atoms with Gasteiger partial charge in [-0.05, 0) is 19.2 Å². The molecule has 2 N–H and O–H groups in total. The zero-order valence-electron chi connectivity index (χ0n) is 11.9. The van der Waals surface area contributed by atoms with Gasteiger partial charge in [-0.1, -0.05) is 12.1 Å². The summed E-state index contributed by atoms with van der Waals surface area (Å²) in [6, 6.07) is 7.04. The van der Waals surface area contributed by atoms with Crippen LogP contribution in [0.5, 0.6) is 0 Å². The predicted molar refractivity (Wildman–Crippen MR) is 82.7 cm³/mol. The summed E-state index contributed by atoms with van der Waals surface area (Å²) in [5, 5.41) is 3.29. The number of benzene rings is 1. The molecule has 1 aliphatic heterocycles. The lowest BCUT2D eigenvalue weighted by Gasteiger charge is -2.32. The van der Waals surface area contributed by atoms with Gasteiger partial charge in [-0.15, -0.1) is 0 Å². The van der Waals surface area contributed by atoms with E-state index in [2.05, 4.69) is 15.2 Å². The van der Waals surface area contributed by atoms with E-state index in [1.54, 1.807) is 17.2 Å². The van der Waals surface area contributed by atoms with Crippen LogP contribution >= 0.6 is 0 Å². The first-order valence-corrected chi connectivity index (χ1v) is 7.00. The first-order valence-electron chi connectivity index (χ1n) is 7.00. The molecular weight excluding hydrogens is 268 g/mol. The number of likely N-dealkylation sites (N-methyl/N-ethyl adjacent to an activating group) is 1. The summed E-state index contributed by atoms with van der Waals surface area (Å²) in [6.45, 7) is 3.05. The number of carbonyl (C=O) groups is 1. The molecule has 0 aliphatic carbocycles. The molecule has 6 heteroatoms. The number of hydrogen-bond donors (Lipinski definition) is 2. The van der Waals surface area contributed by atoms with Crippen molar-refractivity contribution in [3.05, 3.63) is 40.7 Å². The molecule has 0 radical (unpaired) electrons. The van der Waals surface area contributed by atoms with Crippen LogP contribution in [0.3, 0.4) is 0 Å². The largest absolute Gasteiger partial charge is 0.359 e. The van der Waals surface area contributed by atoms with Crippen LogP contribution in [-0.2, 0) is 0 Å². The van der Waals surface area contributed by atoms with Crippen LogP contribution in [0.2, 0.25) is 0 Å². The Bertz CT molecular complexity index is 717. The van der Waals surface area contributed by atoms with Gasteiger partial charge in [-0.25, -0.2) is 4.79 Å². The first-order chi connectivity index (χ1) is 10.1. The number of anilines is 1. The van der Waals surface area contributed by atoms with E-state index >= 15 is 0 Å². The number of nitrogens with zero attached hydrogens (tertiary/aromatic N) is 2. The van der Waals surface area contributed by atoms with Crippen LogP contribution in [0.1, 0.15) is 0 Å². The quantitative estimate of drug-likeness (QED) is 0.830.